The summed E-state index contributed by atoms with van der Waals surface area (Å²) in [5, 5.41) is 0. The highest BCUT2D eigenvalue weighted by Gasteiger charge is 2.70. The smallest absolute Gasteiger partial charge is 0.337 e. The maximum absolute atomic E-state index is 12.0. The first-order chi connectivity index (χ1) is 18.7. The van der Waals surface area contributed by atoms with Gasteiger partial charge in [-0.3, -0.25) is 0 Å². The first kappa shape index (κ1) is 30.9. The number of rotatable bonds is 3. The van der Waals surface area contributed by atoms with E-state index in [0.717, 1.165) is 12.3 Å². The van der Waals surface area contributed by atoms with Crippen molar-refractivity contribution in [2.45, 2.75) is 105 Å². The first-order valence-electron chi connectivity index (χ1n) is 16.1. The SMILES string of the molecule is C=C(C)C1CCC2(N)CCC3(C)C(CCC4C5(C)CC=C(c6ccc(C(=O)OC)cc6)C(C)(C)C5CCC43C)C12.Cl. The molecule has 0 amide bonds. The van der Waals surface area contributed by atoms with Gasteiger partial charge in [0.25, 0.3) is 0 Å². The molecule has 1 aromatic carbocycles. The van der Waals surface area contributed by atoms with Crippen molar-refractivity contribution in [1.29, 1.82) is 0 Å². The fraction of sp³-hybridized carbons (Fsp3) is 0.703. The third-order valence-corrected chi connectivity index (χ3v) is 14.3. The van der Waals surface area contributed by atoms with Gasteiger partial charge in [-0.25, -0.2) is 4.79 Å². The van der Waals surface area contributed by atoms with Crippen molar-refractivity contribution < 1.29 is 9.53 Å². The summed E-state index contributed by atoms with van der Waals surface area (Å²) in [7, 11) is 1.45. The van der Waals surface area contributed by atoms with E-state index in [2.05, 4.69) is 66.3 Å². The lowest BCUT2D eigenvalue weighted by Gasteiger charge is -2.72. The number of hydrogen-bond donors (Lipinski definition) is 1. The van der Waals surface area contributed by atoms with E-state index in [1.165, 1.54) is 75.2 Å². The molecule has 0 heterocycles. The van der Waals surface area contributed by atoms with Crippen LogP contribution in [0, 0.1) is 51.2 Å². The lowest BCUT2D eigenvalue weighted by atomic mass is 9.33. The average Bonchev–Trinajstić information content (AvgIpc) is 3.26. The largest absolute Gasteiger partial charge is 0.465 e. The van der Waals surface area contributed by atoms with Gasteiger partial charge in [0, 0.05) is 5.54 Å². The monoisotopic (exact) mass is 579 g/mol. The average molecular weight is 580 g/mol. The summed E-state index contributed by atoms with van der Waals surface area (Å²) in [5.74, 6) is 3.03. The second-order valence-electron chi connectivity index (χ2n) is 16.0. The Morgan fingerprint density at radius 2 is 1.59 bits per heavy atom. The minimum Gasteiger partial charge on any atom is -0.465 e. The van der Waals surface area contributed by atoms with Crippen molar-refractivity contribution in [3.63, 3.8) is 0 Å². The number of nitrogens with two attached hydrogens (primary N) is 1. The molecular weight excluding hydrogens is 526 g/mol. The standard InChI is InChI=1S/C37H53NO2.ClH/c1-23(2)26-15-20-37(38)22-21-35(6)28(31(26)37)13-14-30-34(5)18-16-27(24-9-11-25(12-10-24)32(39)40-8)33(3,4)29(34)17-19-36(30,35)7;/h9-12,16,26,28-31H,1,13-15,17-22,38H2,2-8H3;1H. The Balaban J connectivity index is 0.00000337. The Bertz CT molecular complexity index is 1250. The van der Waals surface area contributed by atoms with Crippen LogP contribution in [-0.4, -0.2) is 18.6 Å². The molecule has 4 heteroatoms. The predicted molar refractivity (Wildman–Crippen MR) is 172 cm³/mol. The van der Waals surface area contributed by atoms with E-state index in [9.17, 15) is 4.79 Å². The lowest BCUT2D eigenvalue weighted by molar-refractivity contribution is -0.217. The van der Waals surface area contributed by atoms with Gasteiger partial charge in [-0.15, -0.1) is 12.4 Å². The lowest BCUT2D eigenvalue weighted by Crippen LogP contribution is -2.67. The van der Waals surface area contributed by atoms with Crippen LogP contribution in [-0.2, 0) is 4.74 Å². The van der Waals surface area contributed by atoms with Crippen molar-refractivity contribution in [3.05, 3.63) is 53.6 Å². The van der Waals surface area contributed by atoms with Crippen molar-refractivity contribution in [1.82, 2.24) is 0 Å². The molecule has 41 heavy (non-hydrogen) atoms. The Morgan fingerprint density at radius 1 is 0.902 bits per heavy atom. The van der Waals surface area contributed by atoms with Gasteiger partial charge >= 0.3 is 5.97 Å². The zero-order valence-electron chi connectivity index (χ0n) is 26.6. The van der Waals surface area contributed by atoms with Gasteiger partial charge in [0.1, 0.15) is 0 Å². The molecule has 0 saturated heterocycles. The number of benzene rings is 1. The summed E-state index contributed by atoms with van der Waals surface area (Å²) in [6.45, 7) is 19.8. The summed E-state index contributed by atoms with van der Waals surface area (Å²) in [6, 6.07) is 8.10. The maximum Gasteiger partial charge on any atom is 0.337 e. The van der Waals surface area contributed by atoms with E-state index in [0.29, 0.717) is 45.5 Å². The van der Waals surface area contributed by atoms with Crippen LogP contribution in [0.3, 0.4) is 0 Å². The summed E-state index contributed by atoms with van der Waals surface area (Å²) in [6.07, 6.45) is 13.9. The van der Waals surface area contributed by atoms with Crippen molar-refractivity contribution >= 4 is 23.9 Å². The van der Waals surface area contributed by atoms with Crippen LogP contribution in [0.1, 0.15) is 115 Å². The molecule has 9 atom stereocenters. The molecule has 0 bridgehead atoms. The first-order valence-corrected chi connectivity index (χ1v) is 16.1. The molecular formula is C37H54ClNO2. The van der Waals surface area contributed by atoms with Crippen molar-refractivity contribution in [2.24, 2.45) is 57.0 Å². The molecule has 0 spiro atoms. The molecule has 0 aromatic heterocycles. The molecule has 3 nitrogen and oxygen atoms in total. The minimum atomic E-state index is -0.270. The van der Waals surface area contributed by atoms with Crippen LogP contribution >= 0.6 is 12.4 Å². The van der Waals surface area contributed by atoms with Gasteiger partial charge in [0.15, 0.2) is 0 Å². The number of halogens is 1. The van der Waals surface area contributed by atoms with Crippen LogP contribution in [0.5, 0.6) is 0 Å². The number of hydrogen-bond acceptors (Lipinski definition) is 3. The van der Waals surface area contributed by atoms with E-state index in [4.69, 9.17) is 10.5 Å². The Kier molecular flexibility index (Phi) is 7.51. The van der Waals surface area contributed by atoms with Crippen LogP contribution in [0.2, 0.25) is 0 Å². The van der Waals surface area contributed by atoms with Crippen molar-refractivity contribution in [3.8, 4) is 0 Å². The number of allylic oxidation sites excluding steroid dienone is 3. The fourth-order valence-corrected chi connectivity index (χ4v) is 12.2. The van der Waals surface area contributed by atoms with Gasteiger partial charge in [-0.1, -0.05) is 65.0 Å². The molecule has 5 aliphatic rings. The number of methoxy groups -OCH3 is 1. The van der Waals surface area contributed by atoms with Crippen LogP contribution in [0.25, 0.3) is 5.57 Å². The zero-order valence-corrected chi connectivity index (χ0v) is 27.5. The highest BCUT2D eigenvalue weighted by atomic mass is 35.5. The summed E-state index contributed by atoms with van der Waals surface area (Å²) in [4.78, 5) is 12.0. The molecule has 226 valence electrons. The topological polar surface area (TPSA) is 52.3 Å². The highest BCUT2D eigenvalue weighted by Crippen LogP contribution is 2.76. The van der Waals surface area contributed by atoms with Gasteiger partial charge in [-0.2, -0.15) is 0 Å². The van der Waals surface area contributed by atoms with E-state index in [1.54, 1.807) is 0 Å². The number of carbonyl (C=O) groups is 1. The van der Waals surface area contributed by atoms with E-state index >= 15 is 0 Å². The summed E-state index contributed by atoms with van der Waals surface area (Å²) in [5.41, 5.74) is 13.0. The van der Waals surface area contributed by atoms with Crippen LogP contribution in [0.15, 0.2) is 42.5 Å². The van der Waals surface area contributed by atoms with E-state index < -0.39 is 0 Å². The fourth-order valence-electron chi connectivity index (χ4n) is 12.2. The number of carbonyl (C=O) groups excluding carboxylic acids is 1. The Hall–Kier alpha value is -1.58. The minimum absolute atomic E-state index is 0. The predicted octanol–water partition coefficient (Wildman–Crippen LogP) is 9.26. The van der Waals surface area contributed by atoms with Crippen LogP contribution in [0.4, 0.5) is 0 Å². The highest BCUT2D eigenvalue weighted by molar-refractivity contribution is 5.90. The summed E-state index contributed by atoms with van der Waals surface area (Å²) >= 11 is 0. The molecule has 2 N–H and O–H groups in total. The maximum atomic E-state index is 12.0. The Morgan fingerprint density at radius 3 is 2.22 bits per heavy atom. The molecule has 0 radical (unpaired) electrons. The second kappa shape index (κ2) is 9.98. The molecule has 1 aromatic rings. The van der Waals surface area contributed by atoms with E-state index in [-0.39, 0.29) is 29.3 Å². The molecule has 0 aliphatic heterocycles. The van der Waals surface area contributed by atoms with Gasteiger partial charge in [-0.05, 0) is 139 Å². The number of fused-ring (bicyclic) bond motifs is 7. The van der Waals surface area contributed by atoms with Gasteiger partial charge in [0.2, 0.25) is 0 Å². The molecule has 4 fully saturated rings. The molecule has 6 rings (SSSR count). The molecule has 5 aliphatic carbocycles. The van der Waals surface area contributed by atoms with Crippen LogP contribution < -0.4 is 5.73 Å². The number of ether oxygens (including phenoxy) is 1. The number of esters is 1. The third kappa shape index (κ3) is 4.10. The van der Waals surface area contributed by atoms with Crippen molar-refractivity contribution in [2.75, 3.05) is 7.11 Å². The van der Waals surface area contributed by atoms with Gasteiger partial charge in [0.05, 0.1) is 12.7 Å². The quantitative estimate of drug-likeness (QED) is 0.287. The van der Waals surface area contributed by atoms with E-state index in [1.807, 2.05) is 12.1 Å². The second-order valence-corrected chi connectivity index (χ2v) is 16.0. The molecule has 9 unspecified atom stereocenters. The molecule has 4 saturated carbocycles. The van der Waals surface area contributed by atoms with Gasteiger partial charge < -0.3 is 10.5 Å². The zero-order chi connectivity index (χ0) is 28.9. The Labute approximate surface area is 255 Å². The normalized spacial score (nSPS) is 44.2. The summed E-state index contributed by atoms with van der Waals surface area (Å²) < 4.78 is 4.93. The third-order valence-electron chi connectivity index (χ3n) is 14.3.